The predicted octanol–water partition coefficient (Wildman–Crippen LogP) is 10.3. The predicted molar refractivity (Wildman–Crippen MR) is 116 cm³/mol. The van der Waals surface area contributed by atoms with Crippen molar-refractivity contribution in [2.45, 2.75) is 148 Å². The minimum absolute atomic E-state index is 0. The van der Waals surface area contributed by atoms with E-state index in [4.69, 9.17) is 0 Å². The molecule has 0 N–H and O–H groups in total. The Morgan fingerprint density at radius 3 is 0.591 bits per heavy atom. The summed E-state index contributed by atoms with van der Waals surface area (Å²) in [7, 11) is 0. The lowest BCUT2D eigenvalue weighted by Gasteiger charge is -1.90. The number of hydrogen-bond donors (Lipinski definition) is 0. The molecule has 0 aliphatic carbocycles. The van der Waals surface area contributed by atoms with Gasteiger partial charge >= 0.3 is 0 Å². The van der Waals surface area contributed by atoms with Gasteiger partial charge in [0.15, 0.2) is 0 Å². The van der Waals surface area contributed by atoms with Crippen molar-refractivity contribution in [1.82, 2.24) is 0 Å². The first kappa shape index (κ1) is 43.1. The van der Waals surface area contributed by atoms with Gasteiger partial charge in [0.25, 0.3) is 0 Å². The lowest BCUT2D eigenvalue weighted by Crippen LogP contribution is -1.70. The van der Waals surface area contributed by atoms with E-state index >= 15 is 0 Å². The van der Waals surface area contributed by atoms with Crippen molar-refractivity contribution in [3.63, 3.8) is 0 Å². The highest BCUT2D eigenvalue weighted by Crippen LogP contribution is 2.00. The average Bonchev–Trinajstić information content (AvgIpc) is 2.61. The van der Waals surface area contributed by atoms with Crippen LogP contribution in [0.4, 0.5) is 0 Å². The third-order valence-electron chi connectivity index (χ3n) is 2.16. The molecule has 22 heavy (non-hydrogen) atoms. The van der Waals surface area contributed by atoms with Gasteiger partial charge in [-0.15, -0.1) is 0 Å². The summed E-state index contributed by atoms with van der Waals surface area (Å²) in [4.78, 5) is 0. The summed E-state index contributed by atoms with van der Waals surface area (Å²) in [6, 6.07) is 0. The summed E-state index contributed by atoms with van der Waals surface area (Å²) in [5, 5.41) is 0. The van der Waals surface area contributed by atoms with Gasteiger partial charge in [0.2, 0.25) is 0 Å². The van der Waals surface area contributed by atoms with Crippen LogP contribution >= 0.6 is 0 Å². The quantitative estimate of drug-likeness (QED) is 0.409. The first-order valence-electron chi connectivity index (χ1n) is 10.3. The summed E-state index contributed by atoms with van der Waals surface area (Å²) >= 11 is 0. The van der Waals surface area contributed by atoms with Gasteiger partial charge < -0.3 is 0 Å². The summed E-state index contributed by atoms with van der Waals surface area (Å²) in [6.45, 7) is 25.0. The van der Waals surface area contributed by atoms with E-state index in [1.807, 2.05) is 55.4 Å². The highest BCUT2D eigenvalue weighted by molar-refractivity contribution is 4.36. The van der Waals surface area contributed by atoms with Crippen LogP contribution in [0.2, 0.25) is 0 Å². The average molecular weight is 323 g/mol. The van der Waals surface area contributed by atoms with E-state index in [0.717, 1.165) is 0 Å². The Bertz CT molecular complexity index is 49.1. The first-order valence-corrected chi connectivity index (χ1v) is 10.3. The first-order chi connectivity index (χ1) is 10.3. The topological polar surface area (TPSA) is 0 Å². The lowest BCUT2D eigenvalue weighted by atomic mass is 10.2. The molecule has 0 rings (SSSR count). The van der Waals surface area contributed by atoms with Crippen molar-refractivity contribution in [1.29, 1.82) is 0 Å². The molecule has 0 aromatic heterocycles. The third-order valence-corrected chi connectivity index (χ3v) is 2.16. The second-order valence-corrected chi connectivity index (χ2v) is 3.77. The number of unbranched alkanes of at least 4 members (excludes halogenated alkanes) is 7. The molecule has 0 saturated carbocycles. The molecule has 146 valence electrons. The van der Waals surface area contributed by atoms with Crippen molar-refractivity contribution in [2.75, 3.05) is 0 Å². The highest BCUT2D eigenvalue weighted by Gasteiger charge is 1.80. The van der Waals surface area contributed by atoms with Gasteiger partial charge in [0, 0.05) is 0 Å². The molecule has 0 saturated heterocycles. The van der Waals surface area contributed by atoms with E-state index in [2.05, 4.69) is 27.7 Å². The van der Waals surface area contributed by atoms with Crippen molar-refractivity contribution in [2.24, 2.45) is 0 Å². The van der Waals surface area contributed by atoms with Crippen LogP contribution in [0.25, 0.3) is 0 Å². The minimum atomic E-state index is 0. The molecule has 0 atom stereocenters. The van der Waals surface area contributed by atoms with Gasteiger partial charge in [0.05, 0.1) is 0 Å². The monoisotopic (exact) mass is 322 g/mol. The Labute approximate surface area is 148 Å². The summed E-state index contributed by atoms with van der Waals surface area (Å²) in [6.07, 6.45) is 12.5. The molecular weight excluding hydrogens is 264 g/mol. The SMILES string of the molecule is C.CC.CC.CC.CC.CCCCCC.CCCCCCC. The van der Waals surface area contributed by atoms with E-state index < -0.39 is 0 Å². The Morgan fingerprint density at radius 1 is 0.318 bits per heavy atom. The second kappa shape index (κ2) is 104. The molecule has 0 spiro atoms. The molecule has 0 nitrogen and oxygen atoms in total. The molecule has 0 aliphatic heterocycles. The van der Waals surface area contributed by atoms with Gasteiger partial charge in [-0.3, -0.25) is 0 Å². The van der Waals surface area contributed by atoms with Crippen molar-refractivity contribution in [3.8, 4) is 0 Å². The van der Waals surface area contributed by atoms with Crippen LogP contribution in [-0.2, 0) is 0 Å². The molecule has 0 bridgehead atoms. The molecule has 0 radical (unpaired) electrons. The molecule has 0 aromatic rings. The van der Waals surface area contributed by atoms with Gasteiger partial charge in [0.1, 0.15) is 0 Å². The van der Waals surface area contributed by atoms with Crippen molar-refractivity contribution >= 4 is 0 Å². The fraction of sp³-hybridized carbons (Fsp3) is 1.00. The molecule has 0 fully saturated rings. The van der Waals surface area contributed by atoms with Gasteiger partial charge in [-0.05, 0) is 0 Å². The van der Waals surface area contributed by atoms with Gasteiger partial charge in [-0.2, -0.15) is 0 Å². The van der Waals surface area contributed by atoms with Crippen LogP contribution in [0, 0.1) is 0 Å². The Balaban J connectivity index is -0.0000000274. The van der Waals surface area contributed by atoms with Crippen molar-refractivity contribution < 1.29 is 0 Å². The Morgan fingerprint density at radius 2 is 0.455 bits per heavy atom. The maximum absolute atomic E-state index is 2.25. The molecule has 0 aliphatic rings. The molecule has 0 heterocycles. The molecule has 0 amide bonds. The largest absolute Gasteiger partial charge is 0.0776 e. The molecule has 0 aromatic carbocycles. The normalized spacial score (nSPS) is 6.55. The van der Waals surface area contributed by atoms with E-state index in [0.29, 0.717) is 0 Å². The lowest BCUT2D eigenvalue weighted by molar-refractivity contribution is 0.656. The smallest absolute Gasteiger partial charge is 0.0533 e. The van der Waals surface area contributed by atoms with E-state index in [1.54, 1.807) is 0 Å². The van der Waals surface area contributed by atoms with Crippen molar-refractivity contribution in [3.05, 3.63) is 0 Å². The standard InChI is InChI=1S/C7H16.C6H14.4C2H6.CH4/c1-3-5-7-6-4-2;1-3-5-6-4-2;4*1-2;/h3-7H2,1-2H3;3-6H2,1-2H3;4*1-2H3;1H4. The Kier molecular flexibility index (Phi) is 203. The zero-order chi connectivity index (χ0) is 18.4. The van der Waals surface area contributed by atoms with E-state index in [1.165, 1.54) is 57.8 Å². The Hall–Kier alpha value is 0. The van der Waals surface area contributed by atoms with Gasteiger partial charge in [-0.25, -0.2) is 0 Å². The highest BCUT2D eigenvalue weighted by atomic mass is 13.9. The van der Waals surface area contributed by atoms with Crippen LogP contribution in [0.5, 0.6) is 0 Å². The number of rotatable bonds is 7. The molecule has 0 unspecified atom stereocenters. The van der Waals surface area contributed by atoms with E-state index in [9.17, 15) is 0 Å². The van der Waals surface area contributed by atoms with Crippen LogP contribution in [0.1, 0.15) is 148 Å². The summed E-state index contributed by atoms with van der Waals surface area (Å²) in [5.41, 5.74) is 0. The summed E-state index contributed by atoms with van der Waals surface area (Å²) < 4.78 is 0. The van der Waals surface area contributed by atoms with Crippen LogP contribution < -0.4 is 0 Å². The van der Waals surface area contributed by atoms with Crippen LogP contribution in [-0.4, -0.2) is 0 Å². The zero-order valence-electron chi connectivity index (χ0n) is 18.4. The third kappa shape index (κ3) is 147. The second-order valence-electron chi connectivity index (χ2n) is 3.77. The molecule has 0 heteroatoms. The van der Waals surface area contributed by atoms with Crippen LogP contribution in [0.15, 0.2) is 0 Å². The van der Waals surface area contributed by atoms with E-state index in [-0.39, 0.29) is 7.43 Å². The van der Waals surface area contributed by atoms with Gasteiger partial charge in [-0.1, -0.05) is 148 Å². The molecular formula is C22H58. The number of hydrogen-bond acceptors (Lipinski definition) is 0. The fourth-order valence-corrected chi connectivity index (χ4v) is 1.18. The zero-order valence-corrected chi connectivity index (χ0v) is 18.4. The maximum Gasteiger partial charge on any atom is -0.0533 e. The maximum atomic E-state index is 2.25. The summed E-state index contributed by atoms with van der Waals surface area (Å²) in [5.74, 6) is 0. The minimum Gasteiger partial charge on any atom is -0.0776 e. The fourth-order valence-electron chi connectivity index (χ4n) is 1.18. The van der Waals surface area contributed by atoms with Crippen LogP contribution in [0.3, 0.4) is 0 Å².